The first-order chi connectivity index (χ1) is 11.1. The summed E-state index contributed by atoms with van der Waals surface area (Å²) in [5.41, 5.74) is 2.28. The number of carbonyl (C=O) groups excluding carboxylic acids is 1. The summed E-state index contributed by atoms with van der Waals surface area (Å²) >= 11 is 0. The van der Waals surface area contributed by atoms with Crippen molar-refractivity contribution < 1.29 is 14.6 Å². The van der Waals surface area contributed by atoms with Crippen LogP contribution in [-0.4, -0.2) is 28.8 Å². The van der Waals surface area contributed by atoms with Crippen LogP contribution in [-0.2, 0) is 4.79 Å². The Morgan fingerprint density at radius 2 is 1.96 bits per heavy atom. The number of hydrogen-bond donors (Lipinski definition) is 1. The fourth-order valence-electron chi connectivity index (χ4n) is 2.82. The standard InChI is InChI=1S/C18H18N2O3/c1-12(21)20-16(13-7-4-3-5-8-13)11-15(19-20)14-9-6-10-17(23-2)18(14)22/h3-10,16,22H,11H2,1-2H3/t16-/m0/s1. The van der Waals surface area contributed by atoms with Crippen LogP contribution in [0.4, 0.5) is 0 Å². The van der Waals surface area contributed by atoms with Gasteiger partial charge in [-0.1, -0.05) is 36.4 Å². The number of phenols is 1. The Morgan fingerprint density at radius 1 is 1.22 bits per heavy atom. The first-order valence-electron chi connectivity index (χ1n) is 7.40. The van der Waals surface area contributed by atoms with Gasteiger partial charge in [0.15, 0.2) is 11.5 Å². The normalized spacial score (nSPS) is 17.0. The first-order valence-corrected chi connectivity index (χ1v) is 7.40. The van der Waals surface area contributed by atoms with Crippen molar-refractivity contribution in [2.75, 3.05) is 7.11 Å². The van der Waals surface area contributed by atoms with E-state index in [4.69, 9.17) is 4.74 Å². The topological polar surface area (TPSA) is 62.1 Å². The molecule has 118 valence electrons. The van der Waals surface area contributed by atoms with E-state index in [0.29, 0.717) is 23.4 Å². The molecule has 2 aromatic carbocycles. The molecule has 0 saturated carbocycles. The number of hydrazone groups is 1. The van der Waals surface area contributed by atoms with Crippen molar-refractivity contribution in [1.82, 2.24) is 5.01 Å². The summed E-state index contributed by atoms with van der Waals surface area (Å²) in [7, 11) is 1.50. The van der Waals surface area contributed by atoms with E-state index in [1.54, 1.807) is 18.2 Å². The molecular formula is C18H18N2O3. The van der Waals surface area contributed by atoms with Gasteiger partial charge in [-0.05, 0) is 17.7 Å². The molecule has 0 radical (unpaired) electrons. The van der Waals surface area contributed by atoms with Crippen molar-refractivity contribution in [3.63, 3.8) is 0 Å². The molecule has 0 aromatic heterocycles. The number of para-hydroxylation sites is 1. The van der Waals surface area contributed by atoms with Crippen LogP contribution in [0.15, 0.2) is 53.6 Å². The van der Waals surface area contributed by atoms with Gasteiger partial charge in [0.05, 0.1) is 18.9 Å². The van der Waals surface area contributed by atoms with Crippen LogP contribution in [0.3, 0.4) is 0 Å². The predicted octanol–water partition coefficient (Wildman–Crippen LogP) is 3.10. The van der Waals surface area contributed by atoms with E-state index in [1.807, 2.05) is 30.3 Å². The van der Waals surface area contributed by atoms with Crippen molar-refractivity contribution in [3.8, 4) is 11.5 Å². The van der Waals surface area contributed by atoms with Gasteiger partial charge >= 0.3 is 0 Å². The number of phenolic OH excluding ortho intramolecular Hbond substituents is 1. The maximum absolute atomic E-state index is 11.9. The highest BCUT2D eigenvalue weighted by Gasteiger charge is 2.32. The zero-order valence-electron chi connectivity index (χ0n) is 13.1. The van der Waals surface area contributed by atoms with E-state index in [-0.39, 0.29) is 17.7 Å². The molecule has 0 saturated heterocycles. The molecule has 1 amide bonds. The predicted molar refractivity (Wildman–Crippen MR) is 87.5 cm³/mol. The highest BCUT2D eigenvalue weighted by Crippen LogP contribution is 2.37. The van der Waals surface area contributed by atoms with Gasteiger partial charge in [-0.25, -0.2) is 5.01 Å². The molecular weight excluding hydrogens is 292 g/mol. The molecule has 0 unspecified atom stereocenters. The second-order valence-corrected chi connectivity index (χ2v) is 5.40. The quantitative estimate of drug-likeness (QED) is 0.947. The lowest BCUT2D eigenvalue weighted by molar-refractivity contribution is -0.130. The number of ether oxygens (including phenoxy) is 1. The molecule has 1 aliphatic rings. The number of benzene rings is 2. The lowest BCUT2D eigenvalue weighted by Gasteiger charge is -2.20. The van der Waals surface area contributed by atoms with Gasteiger partial charge in [0.25, 0.3) is 0 Å². The maximum atomic E-state index is 11.9. The van der Waals surface area contributed by atoms with Crippen molar-refractivity contribution in [3.05, 3.63) is 59.7 Å². The fraction of sp³-hybridized carbons (Fsp3) is 0.222. The molecule has 0 spiro atoms. The Hall–Kier alpha value is -2.82. The van der Waals surface area contributed by atoms with Crippen LogP contribution in [0.5, 0.6) is 11.5 Å². The minimum atomic E-state index is -0.158. The van der Waals surface area contributed by atoms with Crippen LogP contribution in [0.1, 0.15) is 30.5 Å². The summed E-state index contributed by atoms with van der Waals surface area (Å²) in [6.45, 7) is 1.49. The molecule has 0 fully saturated rings. The summed E-state index contributed by atoms with van der Waals surface area (Å²) < 4.78 is 5.15. The molecule has 5 heteroatoms. The van der Waals surface area contributed by atoms with Gasteiger partial charge in [-0.15, -0.1) is 0 Å². The highest BCUT2D eigenvalue weighted by molar-refractivity contribution is 6.05. The van der Waals surface area contributed by atoms with Gasteiger partial charge in [-0.3, -0.25) is 4.79 Å². The number of hydrogen-bond acceptors (Lipinski definition) is 4. The lowest BCUT2D eigenvalue weighted by Crippen LogP contribution is -2.24. The third-order valence-electron chi connectivity index (χ3n) is 3.95. The van der Waals surface area contributed by atoms with E-state index >= 15 is 0 Å². The zero-order chi connectivity index (χ0) is 16.4. The third kappa shape index (κ3) is 2.77. The van der Waals surface area contributed by atoms with Crippen LogP contribution in [0.25, 0.3) is 0 Å². The summed E-state index contributed by atoms with van der Waals surface area (Å²) in [6, 6.07) is 14.9. The third-order valence-corrected chi connectivity index (χ3v) is 3.95. The first kappa shape index (κ1) is 15.1. The average molecular weight is 310 g/mol. The van der Waals surface area contributed by atoms with Crippen molar-refractivity contribution in [2.45, 2.75) is 19.4 Å². The van der Waals surface area contributed by atoms with Crippen LogP contribution >= 0.6 is 0 Å². The van der Waals surface area contributed by atoms with Gasteiger partial charge in [0.2, 0.25) is 5.91 Å². The SMILES string of the molecule is COc1cccc(C2=NN(C(C)=O)[C@H](c3ccccc3)C2)c1O. The van der Waals surface area contributed by atoms with Gasteiger partial charge in [0.1, 0.15) is 0 Å². The summed E-state index contributed by atoms with van der Waals surface area (Å²) in [5.74, 6) is 0.310. The average Bonchev–Trinajstić information content (AvgIpc) is 3.01. The largest absolute Gasteiger partial charge is 0.504 e. The Morgan fingerprint density at radius 3 is 2.61 bits per heavy atom. The second kappa shape index (κ2) is 6.12. The van der Waals surface area contributed by atoms with Crippen LogP contribution in [0.2, 0.25) is 0 Å². The Kier molecular flexibility index (Phi) is 4.02. The van der Waals surface area contributed by atoms with Crippen LogP contribution in [0, 0.1) is 0 Å². The smallest absolute Gasteiger partial charge is 0.240 e. The molecule has 1 atom stereocenters. The minimum Gasteiger partial charge on any atom is -0.504 e. The van der Waals surface area contributed by atoms with Gasteiger partial charge < -0.3 is 9.84 Å². The number of methoxy groups -OCH3 is 1. The maximum Gasteiger partial charge on any atom is 0.240 e. The minimum absolute atomic E-state index is 0.0472. The molecule has 1 N–H and O–H groups in total. The van der Waals surface area contributed by atoms with E-state index in [9.17, 15) is 9.90 Å². The summed E-state index contributed by atoms with van der Waals surface area (Å²) in [4.78, 5) is 11.9. The van der Waals surface area contributed by atoms with E-state index in [1.165, 1.54) is 19.0 Å². The Labute approximate surface area is 134 Å². The molecule has 23 heavy (non-hydrogen) atoms. The van der Waals surface area contributed by atoms with Gasteiger partial charge in [-0.2, -0.15) is 5.10 Å². The molecule has 2 aromatic rings. The van der Waals surface area contributed by atoms with Gasteiger partial charge in [0, 0.05) is 18.9 Å². The van der Waals surface area contributed by atoms with E-state index in [2.05, 4.69) is 5.10 Å². The fourth-order valence-corrected chi connectivity index (χ4v) is 2.82. The Bertz CT molecular complexity index is 756. The molecule has 0 aliphatic carbocycles. The van der Waals surface area contributed by atoms with E-state index < -0.39 is 0 Å². The molecule has 0 bridgehead atoms. The molecule has 5 nitrogen and oxygen atoms in total. The number of carbonyl (C=O) groups is 1. The summed E-state index contributed by atoms with van der Waals surface area (Å²) in [6.07, 6.45) is 0.546. The highest BCUT2D eigenvalue weighted by atomic mass is 16.5. The van der Waals surface area contributed by atoms with Crippen molar-refractivity contribution >= 4 is 11.6 Å². The second-order valence-electron chi connectivity index (χ2n) is 5.40. The van der Waals surface area contributed by atoms with Crippen molar-refractivity contribution in [1.29, 1.82) is 0 Å². The number of aromatic hydroxyl groups is 1. The molecule has 3 rings (SSSR count). The Balaban J connectivity index is 1.99. The summed E-state index contributed by atoms with van der Waals surface area (Å²) in [5, 5.41) is 16.2. The van der Waals surface area contributed by atoms with Crippen molar-refractivity contribution in [2.24, 2.45) is 5.10 Å². The molecule has 1 aliphatic heterocycles. The number of nitrogens with zero attached hydrogens (tertiary/aromatic N) is 2. The number of amides is 1. The monoisotopic (exact) mass is 310 g/mol. The molecule has 1 heterocycles. The van der Waals surface area contributed by atoms with E-state index in [0.717, 1.165) is 5.56 Å². The lowest BCUT2D eigenvalue weighted by atomic mass is 9.98. The zero-order valence-corrected chi connectivity index (χ0v) is 13.1. The van der Waals surface area contributed by atoms with Crippen LogP contribution < -0.4 is 4.74 Å². The number of rotatable bonds is 3.